The summed E-state index contributed by atoms with van der Waals surface area (Å²) in [5.41, 5.74) is 10.4. The summed E-state index contributed by atoms with van der Waals surface area (Å²) in [4.78, 5) is 0. The van der Waals surface area contributed by atoms with Gasteiger partial charge in [-0.1, -0.05) is 54.6 Å². The summed E-state index contributed by atoms with van der Waals surface area (Å²) in [5.74, 6) is 0.855. The average Bonchev–Trinajstić information content (AvgIpc) is 2.67. The molecule has 0 amide bonds. The Bertz CT molecular complexity index is 1290. The van der Waals surface area contributed by atoms with Gasteiger partial charge in [0.15, 0.2) is 0 Å². The summed E-state index contributed by atoms with van der Waals surface area (Å²) in [7, 11) is 1.72. The minimum absolute atomic E-state index is 0.761. The molecule has 5 rings (SSSR count). The molecule has 0 saturated carbocycles. The normalized spacial score (nSPS) is 11.6. The summed E-state index contributed by atoms with van der Waals surface area (Å²) in [6.45, 7) is 2.17. The Morgan fingerprint density at radius 3 is 2.38 bits per heavy atom. The molecule has 2 N–H and O–H groups in total. The molecule has 0 aliphatic carbocycles. The summed E-state index contributed by atoms with van der Waals surface area (Å²) in [6, 6.07) is 23.3. The van der Waals surface area contributed by atoms with Gasteiger partial charge in [-0.15, -0.1) is 0 Å². The highest BCUT2D eigenvalue weighted by atomic mass is 16.5. The van der Waals surface area contributed by atoms with E-state index in [1.54, 1.807) is 7.11 Å². The summed E-state index contributed by atoms with van der Waals surface area (Å²) >= 11 is 0. The zero-order chi connectivity index (χ0) is 17.8. The molecule has 0 aliphatic rings. The van der Waals surface area contributed by atoms with Crippen LogP contribution in [0.15, 0.2) is 66.7 Å². The average molecular weight is 337 g/mol. The largest absolute Gasteiger partial charge is 0.496 e. The van der Waals surface area contributed by atoms with Crippen LogP contribution in [0.5, 0.6) is 5.75 Å². The van der Waals surface area contributed by atoms with Crippen molar-refractivity contribution < 1.29 is 4.74 Å². The number of methoxy groups -OCH3 is 1. The fourth-order valence-electron chi connectivity index (χ4n) is 4.22. The number of rotatable bonds is 2. The van der Waals surface area contributed by atoms with E-state index in [2.05, 4.69) is 55.5 Å². The predicted octanol–water partition coefficient (Wildman–Crippen LogP) is 6.15. The molecule has 0 atom stereocenters. The predicted molar refractivity (Wildman–Crippen MR) is 111 cm³/mol. The number of anilines is 1. The molecule has 2 heteroatoms. The molecule has 5 aromatic carbocycles. The third-order valence-corrected chi connectivity index (χ3v) is 5.38. The number of para-hydroxylation sites is 1. The highest BCUT2D eigenvalue weighted by Crippen LogP contribution is 2.46. The highest BCUT2D eigenvalue weighted by molar-refractivity contribution is 6.27. The van der Waals surface area contributed by atoms with E-state index in [9.17, 15) is 0 Å². The van der Waals surface area contributed by atoms with E-state index in [4.69, 9.17) is 10.5 Å². The fraction of sp³-hybridized carbons (Fsp3) is 0.0833. The van der Waals surface area contributed by atoms with Crippen molar-refractivity contribution in [3.63, 3.8) is 0 Å². The second-order valence-corrected chi connectivity index (χ2v) is 6.85. The van der Waals surface area contributed by atoms with E-state index in [1.807, 2.05) is 18.2 Å². The van der Waals surface area contributed by atoms with Crippen LogP contribution in [0, 0.1) is 6.92 Å². The second-order valence-electron chi connectivity index (χ2n) is 6.85. The van der Waals surface area contributed by atoms with E-state index in [0.717, 1.165) is 22.6 Å². The van der Waals surface area contributed by atoms with E-state index >= 15 is 0 Å². The molecule has 0 aliphatic heterocycles. The maximum absolute atomic E-state index is 6.32. The third-order valence-electron chi connectivity index (χ3n) is 5.38. The van der Waals surface area contributed by atoms with Crippen LogP contribution >= 0.6 is 0 Å². The number of nitrogens with two attached hydrogens (primary N) is 1. The smallest absolute Gasteiger partial charge is 0.128 e. The van der Waals surface area contributed by atoms with E-state index in [0.29, 0.717) is 0 Å². The van der Waals surface area contributed by atoms with Gasteiger partial charge in [0.05, 0.1) is 7.11 Å². The van der Waals surface area contributed by atoms with Crippen LogP contribution in [0.3, 0.4) is 0 Å². The molecule has 0 heterocycles. The van der Waals surface area contributed by atoms with Crippen molar-refractivity contribution >= 4 is 38.0 Å². The van der Waals surface area contributed by atoms with Gasteiger partial charge in [-0.2, -0.15) is 0 Å². The first-order valence-electron chi connectivity index (χ1n) is 8.79. The van der Waals surface area contributed by atoms with Gasteiger partial charge in [0.2, 0.25) is 0 Å². The van der Waals surface area contributed by atoms with Crippen molar-refractivity contribution in [3.05, 3.63) is 72.3 Å². The first-order chi connectivity index (χ1) is 12.7. The molecular weight excluding hydrogens is 318 g/mol. The maximum Gasteiger partial charge on any atom is 0.128 e. The van der Waals surface area contributed by atoms with Crippen molar-refractivity contribution in [2.75, 3.05) is 12.8 Å². The number of ether oxygens (including phenoxy) is 1. The molecule has 26 heavy (non-hydrogen) atoms. The molecule has 0 aromatic heterocycles. The van der Waals surface area contributed by atoms with Gasteiger partial charge in [0.25, 0.3) is 0 Å². The Balaban J connectivity index is 2.06. The molecule has 0 fully saturated rings. The first kappa shape index (κ1) is 15.0. The lowest BCUT2D eigenvalue weighted by Gasteiger charge is -2.19. The van der Waals surface area contributed by atoms with Crippen LogP contribution in [-0.2, 0) is 0 Å². The number of aryl methyl sites for hydroxylation is 1. The van der Waals surface area contributed by atoms with Gasteiger partial charge in [0.1, 0.15) is 5.75 Å². The van der Waals surface area contributed by atoms with Crippen LogP contribution in [0.1, 0.15) is 5.56 Å². The van der Waals surface area contributed by atoms with E-state index in [1.165, 1.54) is 37.9 Å². The zero-order valence-corrected chi connectivity index (χ0v) is 14.8. The number of benzene rings is 5. The van der Waals surface area contributed by atoms with Gasteiger partial charge in [-0.05, 0) is 56.9 Å². The van der Waals surface area contributed by atoms with E-state index in [-0.39, 0.29) is 0 Å². The van der Waals surface area contributed by atoms with Crippen LogP contribution < -0.4 is 10.5 Å². The fourth-order valence-corrected chi connectivity index (χ4v) is 4.22. The number of hydrogen-bond acceptors (Lipinski definition) is 2. The molecule has 126 valence electrons. The minimum Gasteiger partial charge on any atom is -0.496 e. The number of hydrogen-bond donors (Lipinski definition) is 1. The van der Waals surface area contributed by atoms with Gasteiger partial charge in [-0.3, -0.25) is 0 Å². The quantitative estimate of drug-likeness (QED) is 0.310. The third kappa shape index (κ3) is 1.93. The monoisotopic (exact) mass is 337 g/mol. The number of nitrogen functional groups attached to an aromatic ring is 1. The van der Waals surface area contributed by atoms with Crippen LogP contribution in [0.2, 0.25) is 0 Å². The lowest BCUT2D eigenvalue weighted by Crippen LogP contribution is -1.96. The lowest BCUT2D eigenvalue weighted by atomic mass is 9.87. The molecule has 0 saturated heterocycles. The molecular formula is C24H19NO. The summed E-state index contributed by atoms with van der Waals surface area (Å²) < 4.78 is 5.79. The highest BCUT2D eigenvalue weighted by Gasteiger charge is 2.18. The van der Waals surface area contributed by atoms with Crippen LogP contribution in [0.4, 0.5) is 5.69 Å². The van der Waals surface area contributed by atoms with Crippen molar-refractivity contribution in [3.8, 4) is 16.9 Å². The molecule has 0 radical (unpaired) electrons. The van der Waals surface area contributed by atoms with Gasteiger partial charge < -0.3 is 10.5 Å². The molecule has 0 spiro atoms. The second kappa shape index (κ2) is 5.37. The first-order valence-corrected chi connectivity index (χ1v) is 8.79. The van der Waals surface area contributed by atoms with Gasteiger partial charge >= 0.3 is 0 Å². The molecule has 0 unspecified atom stereocenters. The zero-order valence-electron chi connectivity index (χ0n) is 14.8. The molecule has 0 bridgehead atoms. The molecule has 5 aromatic rings. The van der Waals surface area contributed by atoms with Crippen molar-refractivity contribution in [2.45, 2.75) is 6.92 Å². The summed E-state index contributed by atoms with van der Waals surface area (Å²) in [6.07, 6.45) is 0. The Hall–Kier alpha value is -3.26. The SMILES string of the molecule is COc1cc2cc(C)c3cccc4ccc(c1-c1ccccc1N)c2c43. The van der Waals surface area contributed by atoms with Crippen LogP contribution in [0.25, 0.3) is 43.4 Å². The summed E-state index contributed by atoms with van der Waals surface area (Å²) in [5, 5.41) is 7.55. The van der Waals surface area contributed by atoms with Gasteiger partial charge in [-0.25, -0.2) is 0 Å². The standard InChI is InChI=1S/C24H19NO/c1-14-12-16-13-21(26-2)24(18-7-3-4-9-20(18)25)19-11-10-15-6-5-8-17(14)22(15)23(16)19/h3-13H,25H2,1-2H3. The Kier molecular flexibility index (Phi) is 3.10. The van der Waals surface area contributed by atoms with Crippen molar-refractivity contribution in [1.29, 1.82) is 0 Å². The van der Waals surface area contributed by atoms with Gasteiger partial charge in [0, 0.05) is 16.8 Å². The van der Waals surface area contributed by atoms with Crippen molar-refractivity contribution in [1.82, 2.24) is 0 Å². The van der Waals surface area contributed by atoms with Crippen LogP contribution in [-0.4, -0.2) is 7.11 Å². The Labute approximate surface area is 152 Å². The Morgan fingerprint density at radius 1 is 0.769 bits per heavy atom. The molecule has 2 nitrogen and oxygen atoms in total. The minimum atomic E-state index is 0.761. The lowest BCUT2D eigenvalue weighted by molar-refractivity contribution is 0.417. The van der Waals surface area contributed by atoms with Crippen molar-refractivity contribution in [2.24, 2.45) is 0 Å². The maximum atomic E-state index is 6.32. The topological polar surface area (TPSA) is 35.2 Å². The Morgan fingerprint density at radius 2 is 1.58 bits per heavy atom. The van der Waals surface area contributed by atoms with E-state index < -0.39 is 0 Å².